The van der Waals surface area contributed by atoms with E-state index in [1.165, 1.54) is 13.2 Å². The standard InChI is InChI=1S/C14H17ClFN3O/c1-4-19-14(9(15)8-18-19)13(17-2)12-10(16)6-5-7-11(12)20-3/h5-8,13,17H,4H2,1-3H3. The Labute approximate surface area is 122 Å². The van der Waals surface area contributed by atoms with E-state index in [1.807, 2.05) is 6.92 Å². The van der Waals surface area contributed by atoms with Crippen LogP contribution in [-0.4, -0.2) is 23.9 Å². The lowest BCUT2D eigenvalue weighted by molar-refractivity contribution is 0.396. The largest absolute Gasteiger partial charge is 0.496 e. The zero-order valence-corrected chi connectivity index (χ0v) is 12.4. The molecule has 0 radical (unpaired) electrons. The third kappa shape index (κ3) is 2.51. The molecule has 1 N–H and O–H groups in total. The van der Waals surface area contributed by atoms with E-state index in [0.717, 1.165) is 5.69 Å². The number of benzene rings is 1. The number of halogens is 2. The molecule has 0 spiro atoms. The average Bonchev–Trinajstić information content (AvgIpc) is 2.82. The predicted molar refractivity (Wildman–Crippen MR) is 76.8 cm³/mol. The monoisotopic (exact) mass is 297 g/mol. The minimum absolute atomic E-state index is 0.344. The summed E-state index contributed by atoms with van der Waals surface area (Å²) in [6, 6.07) is 4.32. The van der Waals surface area contributed by atoms with E-state index in [-0.39, 0.29) is 5.82 Å². The van der Waals surface area contributed by atoms with Gasteiger partial charge in [-0.25, -0.2) is 4.39 Å². The fraction of sp³-hybridized carbons (Fsp3) is 0.357. The van der Waals surface area contributed by atoms with Crippen molar-refractivity contribution in [2.24, 2.45) is 0 Å². The molecule has 1 aromatic heterocycles. The van der Waals surface area contributed by atoms with Crippen LogP contribution in [0.5, 0.6) is 5.75 Å². The molecule has 4 nitrogen and oxygen atoms in total. The first kappa shape index (κ1) is 14.8. The fourth-order valence-corrected chi connectivity index (χ4v) is 2.55. The van der Waals surface area contributed by atoms with E-state index in [0.29, 0.717) is 22.9 Å². The Morgan fingerprint density at radius 3 is 2.85 bits per heavy atom. The molecule has 0 aliphatic rings. The molecular formula is C14H17ClFN3O. The summed E-state index contributed by atoms with van der Waals surface area (Å²) >= 11 is 6.21. The summed E-state index contributed by atoms with van der Waals surface area (Å²) in [4.78, 5) is 0. The maximum absolute atomic E-state index is 14.2. The molecule has 2 aromatic rings. The van der Waals surface area contributed by atoms with Gasteiger partial charge < -0.3 is 10.1 Å². The second-order valence-corrected chi connectivity index (χ2v) is 4.68. The lowest BCUT2D eigenvalue weighted by atomic mass is 10.0. The molecule has 1 atom stereocenters. The highest BCUT2D eigenvalue weighted by atomic mass is 35.5. The van der Waals surface area contributed by atoms with E-state index in [4.69, 9.17) is 16.3 Å². The first-order valence-corrected chi connectivity index (χ1v) is 6.72. The maximum atomic E-state index is 14.2. The number of rotatable bonds is 5. The zero-order chi connectivity index (χ0) is 14.7. The Balaban J connectivity index is 2.61. The molecule has 0 saturated carbocycles. The van der Waals surface area contributed by atoms with Crippen molar-refractivity contribution in [2.45, 2.75) is 19.5 Å². The molecule has 0 saturated heterocycles. The van der Waals surface area contributed by atoms with Gasteiger partial charge in [-0.15, -0.1) is 0 Å². The number of aromatic nitrogens is 2. The summed E-state index contributed by atoms with van der Waals surface area (Å²) in [6.45, 7) is 2.61. The maximum Gasteiger partial charge on any atom is 0.132 e. The van der Waals surface area contributed by atoms with Gasteiger partial charge in [0.2, 0.25) is 0 Å². The van der Waals surface area contributed by atoms with Gasteiger partial charge in [0.1, 0.15) is 11.6 Å². The van der Waals surface area contributed by atoms with E-state index in [2.05, 4.69) is 10.4 Å². The number of nitrogens with one attached hydrogen (secondary N) is 1. The van der Waals surface area contributed by atoms with Gasteiger partial charge in [-0.05, 0) is 26.1 Å². The van der Waals surface area contributed by atoms with Crippen molar-refractivity contribution < 1.29 is 9.13 Å². The summed E-state index contributed by atoms with van der Waals surface area (Å²) in [6.07, 6.45) is 1.57. The highest BCUT2D eigenvalue weighted by Crippen LogP contribution is 2.35. The summed E-state index contributed by atoms with van der Waals surface area (Å²) in [5.41, 5.74) is 1.15. The number of ether oxygens (including phenoxy) is 1. The Hall–Kier alpha value is -1.59. The second-order valence-electron chi connectivity index (χ2n) is 4.27. The molecule has 0 fully saturated rings. The molecule has 2 rings (SSSR count). The van der Waals surface area contributed by atoms with E-state index in [1.54, 1.807) is 30.1 Å². The lowest BCUT2D eigenvalue weighted by Crippen LogP contribution is -2.23. The summed E-state index contributed by atoms with van der Waals surface area (Å²) in [5, 5.41) is 7.78. The number of methoxy groups -OCH3 is 1. The number of nitrogens with zero attached hydrogens (tertiary/aromatic N) is 2. The van der Waals surface area contributed by atoms with Crippen LogP contribution in [0.15, 0.2) is 24.4 Å². The molecule has 0 aliphatic carbocycles. The van der Waals surface area contributed by atoms with Crippen LogP contribution >= 0.6 is 11.6 Å². The predicted octanol–water partition coefficient (Wildman–Crippen LogP) is 3.01. The Morgan fingerprint density at radius 2 is 2.25 bits per heavy atom. The molecule has 6 heteroatoms. The minimum atomic E-state index is -0.430. The molecule has 1 aromatic carbocycles. The number of hydrogen-bond acceptors (Lipinski definition) is 3. The van der Waals surface area contributed by atoms with Gasteiger partial charge in [-0.1, -0.05) is 17.7 Å². The molecule has 0 amide bonds. The van der Waals surface area contributed by atoms with Gasteiger partial charge in [-0.3, -0.25) is 4.68 Å². The zero-order valence-electron chi connectivity index (χ0n) is 11.7. The summed E-state index contributed by atoms with van der Waals surface area (Å²) in [7, 11) is 3.27. The van der Waals surface area contributed by atoms with Gasteiger partial charge in [0.15, 0.2) is 0 Å². The van der Waals surface area contributed by atoms with Gasteiger partial charge in [0.25, 0.3) is 0 Å². The Bertz CT molecular complexity index is 600. The van der Waals surface area contributed by atoms with E-state index < -0.39 is 6.04 Å². The fourth-order valence-electron chi connectivity index (χ4n) is 2.30. The SMILES string of the molecule is CCn1ncc(Cl)c1C(NC)c1c(F)cccc1OC. The van der Waals surface area contributed by atoms with Crippen LogP contribution in [0.3, 0.4) is 0 Å². The van der Waals surface area contributed by atoms with E-state index >= 15 is 0 Å². The topological polar surface area (TPSA) is 39.1 Å². The molecule has 0 aliphatic heterocycles. The third-order valence-electron chi connectivity index (χ3n) is 3.22. The molecule has 0 bridgehead atoms. The quantitative estimate of drug-likeness (QED) is 0.922. The first-order chi connectivity index (χ1) is 9.63. The molecular weight excluding hydrogens is 281 g/mol. The Kier molecular flexibility index (Phi) is 4.62. The van der Waals surface area contributed by atoms with Crippen molar-refractivity contribution in [3.63, 3.8) is 0 Å². The van der Waals surface area contributed by atoms with Crippen molar-refractivity contribution in [1.82, 2.24) is 15.1 Å². The molecule has 108 valence electrons. The number of aryl methyl sites for hydroxylation is 1. The number of hydrogen-bond donors (Lipinski definition) is 1. The van der Waals surface area contributed by atoms with Crippen LogP contribution in [0.25, 0.3) is 0 Å². The van der Waals surface area contributed by atoms with Crippen LogP contribution in [0.1, 0.15) is 24.2 Å². The van der Waals surface area contributed by atoms with Crippen LogP contribution in [0.2, 0.25) is 5.02 Å². The van der Waals surface area contributed by atoms with Crippen molar-refractivity contribution in [3.8, 4) is 5.75 Å². The van der Waals surface area contributed by atoms with Crippen LogP contribution in [0.4, 0.5) is 4.39 Å². The van der Waals surface area contributed by atoms with Gasteiger partial charge in [0.05, 0.1) is 35.6 Å². The van der Waals surface area contributed by atoms with Gasteiger partial charge in [0, 0.05) is 6.54 Å². The van der Waals surface area contributed by atoms with Crippen LogP contribution in [-0.2, 0) is 6.54 Å². The highest BCUT2D eigenvalue weighted by Gasteiger charge is 2.26. The highest BCUT2D eigenvalue weighted by molar-refractivity contribution is 6.31. The van der Waals surface area contributed by atoms with Crippen molar-refractivity contribution in [1.29, 1.82) is 0 Å². The summed E-state index contributed by atoms with van der Waals surface area (Å²) in [5.74, 6) is 0.132. The third-order valence-corrected chi connectivity index (χ3v) is 3.51. The molecule has 20 heavy (non-hydrogen) atoms. The average molecular weight is 298 g/mol. The van der Waals surface area contributed by atoms with Crippen LogP contribution < -0.4 is 10.1 Å². The minimum Gasteiger partial charge on any atom is -0.496 e. The van der Waals surface area contributed by atoms with E-state index in [9.17, 15) is 4.39 Å². The second kappa shape index (κ2) is 6.24. The first-order valence-electron chi connectivity index (χ1n) is 6.34. The van der Waals surface area contributed by atoms with Crippen molar-refractivity contribution in [3.05, 3.63) is 46.5 Å². The molecule has 1 heterocycles. The Morgan fingerprint density at radius 1 is 1.50 bits per heavy atom. The van der Waals surface area contributed by atoms with Crippen molar-refractivity contribution in [2.75, 3.05) is 14.2 Å². The lowest BCUT2D eigenvalue weighted by Gasteiger charge is -2.21. The van der Waals surface area contributed by atoms with Crippen molar-refractivity contribution >= 4 is 11.6 Å². The van der Waals surface area contributed by atoms with Gasteiger partial charge >= 0.3 is 0 Å². The van der Waals surface area contributed by atoms with Gasteiger partial charge in [-0.2, -0.15) is 5.10 Å². The normalized spacial score (nSPS) is 12.4. The van der Waals surface area contributed by atoms with Crippen LogP contribution in [0, 0.1) is 5.82 Å². The summed E-state index contributed by atoms with van der Waals surface area (Å²) < 4.78 is 21.3. The molecule has 1 unspecified atom stereocenters. The smallest absolute Gasteiger partial charge is 0.132 e.